The lowest BCUT2D eigenvalue weighted by molar-refractivity contribution is -0.157. The molecule has 1 heterocycles. The molecule has 2 aliphatic rings. The molecule has 1 saturated heterocycles. The first kappa shape index (κ1) is 21.1. The summed E-state index contributed by atoms with van der Waals surface area (Å²) in [6, 6.07) is 6.18. The van der Waals surface area contributed by atoms with Crippen molar-refractivity contribution < 1.29 is 14.6 Å². The third kappa shape index (κ3) is 4.36. The Balaban J connectivity index is 2.09. The van der Waals surface area contributed by atoms with Gasteiger partial charge in [-0.3, -0.25) is 4.79 Å². The lowest BCUT2D eigenvalue weighted by atomic mass is 9.61. The zero-order valence-electron chi connectivity index (χ0n) is 17.5. The molecule has 1 aromatic rings. The number of rotatable bonds is 3. The first-order valence-electron chi connectivity index (χ1n) is 10.0. The van der Waals surface area contributed by atoms with E-state index in [-0.39, 0.29) is 16.8 Å². The van der Waals surface area contributed by atoms with Crippen molar-refractivity contribution in [2.24, 2.45) is 16.7 Å². The van der Waals surface area contributed by atoms with Crippen LogP contribution in [0.2, 0.25) is 5.02 Å². The molecule has 1 aliphatic heterocycles. The van der Waals surface area contributed by atoms with Crippen molar-refractivity contribution in [1.82, 2.24) is 0 Å². The first-order chi connectivity index (χ1) is 13.0. The third-order valence-electron chi connectivity index (χ3n) is 5.95. The normalized spacial score (nSPS) is 27.2. The molecule has 0 unspecified atom stereocenters. The molecule has 0 saturated carbocycles. The number of allylic oxidation sites excluding steroid dienone is 3. The molecule has 2 atom stereocenters. The SMILES string of the molecule is Cc1cc(C2=C(/C=C/[C@H]3C(=O)OCC[C@@H]3O)C(C)(C)CC(C)(C)C2)ccc1Cl. The van der Waals surface area contributed by atoms with E-state index in [0.29, 0.717) is 13.0 Å². The van der Waals surface area contributed by atoms with Gasteiger partial charge in [0.2, 0.25) is 0 Å². The van der Waals surface area contributed by atoms with E-state index in [2.05, 4.69) is 45.9 Å². The predicted molar refractivity (Wildman–Crippen MR) is 114 cm³/mol. The summed E-state index contributed by atoms with van der Waals surface area (Å²) in [7, 11) is 0. The molecule has 0 amide bonds. The van der Waals surface area contributed by atoms with Gasteiger partial charge in [-0.2, -0.15) is 0 Å². The molecule has 152 valence electrons. The van der Waals surface area contributed by atoms with Crippen molar-refractivity contribution in [1.29, 1.82) is 0 Å². The second-order valence-electron chi connectivity index (χ2n) is 9.67. The van der Waals surface area contributed by atoms with Crippen LogP contribution in [0.4, 0.5) is 0 Å². The lowest BCUT2D eigenvalue weighted by Crippen LogP contribution is -2.35. The first-order valence-corrected chi connectivity index (χ1v) is 10.4. The standard InChI is InChI=1S/C24H31ClO3/c1-15-12-16(6-9-20(15)25)18-13-23(2,3)14-24(4,5)19(18)8-7-17-21(26)10-11-28-22(17)27/h6-9,12,17,21,26H,10-11,13-14H2,1-5H3/b8-7+/t17-,21+/m1/s1. The Bertz CT molecular complexity index is 832. The molecule has 28 heavy (non-hydrogen) atoms. The van der Waals surface area contributed by atoms with Crippen molar-refractivity contribution in [3.05, 3.63) is 52.1 Å². The summed E-state index contributed by atoms with van der Waals surface area (Å²) in [5.41, 5.74) is 4.86. The molecular formula is C24H31ClO3. The summed E-state index contributed by atoms with van der Waals surface area (Å²) in [6.45, 7) is 11.4. The van der Waals surface area contributed by atoms with Crippen molar-refractivity contribution >= 4 is 23.1 Å². The van der Waals surface area contributed by atoms with Gasteiger partial charge in [0.05, 0.1) is 12.7 Å². The summed E-state index contributed by atoms with van der Waals surface area (Å²) < 4.78 is 5.15. The molecule has 0 aromatic heterocycles. The van der Waals surface area contributed by atoms with Crippen LogP contribution in [0.5, 0.6) is 0 Å². The molecule has 0 bridgehead atoms. The molecule has 3 rings (SSSR count). The highest BCUT2D eigenvalue weighted by atomic mass is 35.5. The van der Waals surface area contributed by atoms with Gasteiger partial charge in [-0.1, -0.05) is 63.6 Å². The fourth-order valence-electron chi connectivity index (χ4n) is 4.87. The van der Waals surface area contributed by atoms with Crippen molar-refractivity contribution in [2.45, 2.75) is 60.0 Å². The van der Waals surface area contributed by atoms with Gasteiger partial charge in [-0.05, 0) is 58.9 Å². The number of cyclic esters (lactones) is 1. The van der Waals surface area contributed by atoms with Crippen LogP contribution in [-0.4, -0.2) is 23.8 Å². The smallest absolute Gasteiger partial charge is 0.315 e. The molecule has 0 spiro atoms. The summed E-state index contributed by atoms with van der Waals surface area (Å²) in [5.74, 6) is -0.936. The summed E-state index contributed by atoms with van der Waals surface area (Å²) in [5, 5.41) is 11.0. The van der Waals surface area contributed by atoms with Gasteiger partial charge in [0.15, 0.2) is 0 Å². The Labute approximate surface area is 173 Å². The maximum atomic E-state index is 12.1. The number of benzene rings is 1. The van der Waals surface area contributed by atoms with E-state index in [1.165, 1.54) is 16.7 Å². The van der Waals surface area contributed by atoms with Crippen LogP contribution in [0.15, 0.2) is 35.9 Å². The highest BCUT2D eigenvalue weighted by molar-refractivity contribution is 6.31. The van der Waals surface area contributed by atoms with Crippen LogP contribution < -0.4 is 0 Å². The minimum absolute atomic E-state index is 0.0509. The van der Waals surface area contributed by atoms with E-state index in [0.717, 1.165) is 23.4 Å². The zero-order chi connectivity index (χ0) is 20.7. The minimum Gasteiger partial charge on any atom is -0.465 e. The highest BCUT2D eigenvalue weighted by Gasteiger charge is 2.39. The largest absolute Gasteiger partial charge is 0.465 e. The molecule has 3 nitrogen and oxygen atoms in total. The Hall–Kier alpha value is -1.58. The highest BCUT2D eigenvalue weighted by Crippen LogP contribution is 2.52. The van der Waals surface area contributed by atoms with Gasteiger partial charge in [0.25, 0.3) is 0 Å². The molecular weight excluding hydrogens is 372 g/mol. The average Bonchev–Trinajstić information content (AvgIpc) is 2.56. The van der Waals surface area contributed by atoms with E-state index in [1.54, 1.807) is 0 Å². The molecule has 1 N–H and O–H groups in total. The van der Waals surface area contributed by atoms with Gasteiger partial charge in [0.1, 0.15) is 5.92 Å². The number of hydrogen-bond donors (Lipinski definition) is 1. The van der Waals surface area contributed by atoms with Crippen molar-refractivity contribution in [3.63, 3.8) is 0 Å². The third-order valence-corrected chi connectivity index (χ3v) is 6.38. The van der Waals surface area contributed by atoms with E-state index in [1.807, 2.05) is 19.1 Å². The number of aryl methyl sites for hydroxylation is 1. The van der Waals surface area contributed by atoms with Gasteiger partial charge in [-0.15, -0.1) is 0 Å². The summed E-state index contributed by atoms with van der Waals surface area (Å²) in [6.07, 6.45) is 5.70. The van der Waals surface area contributed by atoms with Crippen molar-refractivity contribution in [3.8, 4) is 0 Å². The van der Waals surface area contributed by atoms with Gasteiger partial charge in [-0.25, -0.2) is 0 Å². The van der Waals surface area contributed by atoms with Crippen LogP contribution in [0.25, 0.3) is 5.57 Å². The molecule has 1 aromatic carbocycles. The summed E-state index contributed by atoms with van der Waals surface area (Å²) in [4.78, 5) is 12.1. The summed E-state index contributed by atoms with van der Waals surface area (Å²) >= 11 is 6.25. The Kier molecular flexibility index (Phi) is 5.80. The van der Waals surface area contributed by atoms with E-state index in [4.69, 9.17) is 16.3 Å². The van der Waals surface area contributed by atoms with Gasteiger partial charge in [0, 0.05) is 11.4 Å². The second kappa shape index (κ2) is 7.68. The average molecular weight is 403 g/mol. The van der Waals surface area contributed by atoms with Gasteiger partial charge < -0.3 is 9.84 Å². The monoisotopic (exact) mass is 402 g/mol. The van der Waals surface area contributed by atoms with Crippen LogP contribution in [-0.2, 0) is 9.53 Å². The van der Waals surface area contributed by atoms with Crippen molar-refractivity contribution in [2.75, 3.05) is 6.61 Å². The van der Waals surface area contributed by atoms with Crippen LogP contribution in [0, 0.1) is 23.7 Å². The van der Waals surface area contributed by atoms with Crippen LogP contribution in [0.3, 0.4) is 0 Å². The number of ether oxygens (including phenoxy) is 1. The number of esters is 1. The number of hydrogen-bond acceptors (Lipinski definition) is 3. The van der Waals surface area contributed by atoms with E-state index in [9.17, 15) is 9.90 Å². The Morgan fingerprint density at radius 1 is 1.25 bits per heavy atom. The predicted octanol–water partition coefficient (Wildman–Crippen LogP) is 5.73. The Morgan fingerprint density at radius 2 is 1.96 bits per heavy atom. The maximum Gasteiger partial charge on any atom is 0.315 e. The quantitative estimate of drug-likeness (QED) is 0.657. The molecule has 4 heteroatoms. The molecule has 0 radical (unpaired) electrons. The van der Waals surface area contributed by atoms with E-state index >= 15 is 0 Å². The van der Waals surface area contributed by atoms with E-state index < -0.39 is 12.0 Å². The fraction of sp³-hybridized carbons (Fsp3) is 0.542. The molecule has 1 fully saturated rings. The number of carbonyl (C=O) groups is 1. The van der Waals surface area contributed by atoms with Crippen LogP contribution >= 0.6 is 11.6 Å². The van der Waals surface area contributed by atoms with Gasteiger partial charge >= 0.3 is 5.97 Å². The Morgan fingerprint density at radius 3 is 2.61 bits per heavy atom. The second-order valence-corrected chi connectivity index (χ2v) is 10.1. The topological polar surface area (TPSA) is 46.5 Å². The zero-order valence-corrected chi connectivity index (χ0v) is 18.3. The minimum atomic E-state index is -0.678. The lowest BCUT2D eigenvalue weighted by Gasteiger charge is -2.43. The number of halogens is 1. The van der Waals surface area contributed by atoms with Crippen LogP contribution in [0.1, 0.15) is 58.1 Å². The number of aliphatic hydroxyl groups is 1. The maximum absolute atomic E-state index is 12.1. The number of aliphatic hydroxyl groups excluding tert-OH is 1. The molecule has 1 aliphatic carbocycles. The fourth-order valence-corrected chi connectivity index (χ4v) is 4.99. The number of carbonyl (C=O) groups excluding carboxylic acids is 1.